The smallest absolute Gasteiger partial charge is 0.305 e. The molecule has 1 unspecified atom stereocenters. The van der Waals surface area contributed by atoms with E-state index >= 15 is 0 Å². The quantitative estimate of drug-likeness (QED) is 0.709. The summed E-state index contributed by atoms with van der Waals surface area (Å²) >= 11 is 0. The van der Waals surface area contributed by atoms with Crippen LogP contribution in [0.3, 0.4) is 0 Å². The molecule has 1 N–H and O–H groups in total. The summed E-state index contributed by atoms with van der Waals surface area (Å²) < 4.78 is 28.4. The molecule has 1 heterocycles. The first-order valence-corrected chi connectivity index (χ1v) is 7.97. The van der Waals surface area contributed by atoms with Crippen LogP contribution in [0.25, 0.3) is 0 Å². The summed E-state index contributed by atoms with van der Waals surface area (Å²) in [6.45, 7) is 2.39. The predicted molar refractivity (Wildman–Crippen MR) is 67.5 cm³/mol. The average molecular weight is 293 g/mol. The van der Waals surface area contributed by atoms with Gasteiger partial charge in [0.15, 0.2) is 9.84 Å². The second kappa shape index (κ2) is 6.85. The molecule has 1 saturated heterocycles. The molecular weight excluding hydrogens is 274 g/mol. The average Bonchev–Trinajstić information content (AvgIpc) is 2.27. The van der Waals surface area contributed by atoms with E-state index in [1.807, 2.05) is 0 Å². The van der Waals surface area contributed by atoms with E-state index < -0.39 is 33.5 Å². The van der Waals surface area contributed by atoms with Crippen molar-refractivity contribution in [3.63, 3.8) is 0 Å². The van der Waals surface area contributed by atoms with E-state index in [4.69, 9.17) is 9.84 Å². The molecule has 110 valence electrons. The largest absolute Gasteiger partial charge is 0.481 e. The van der Waals surface area contributed by atoms with E-state index in [-0.39, 0.29) is 25.3 Å². The van der Waals surface area contributed by atoms with E-state index in [0.29, 0.717) is 13.0 Å². The number of nitrogens with zero attached hydrogens (tertiary/aromatic N) is 1. The van der Waals surface area contributed by atoms with Crippen LogP contribution in [-0.4, -0.2) is 67.6 Å². The number of amides is 1. The van der Waals surface area contributed by atoms with E-state index in [1.54, 1.807) is 6.92 Å². The second-order valence-corrected chi connectivity index (χ2v) is 6.69. The zero-order valence-corrected chi connectivity index (χ0v) is 11.7. The molecule has 0 aromatic rings. The summed E-state index contributed by atoms with van der Waals surface area (Å²) in [6.07, 6.45) is 0.219. The molecule has 1 fully saturated rings. The van der Waals surface area contributed by atoms with E-state index in [1.165, 1.54) is 4.90 Å². The highest BCUT2D eigenvalue weighted by molar-refractivity contribution is 7.92. The SMILES string of the molecule is CCCS(=O)(=O)CC(=O)N1CCOCC1CC(=O)O. The summed E-state index contributed by atoms with van der Waals surface area (Å²) in [5, 5.41) is 8.77. The molecule has 1 rings (SSSR count). The lowest BCUT2D eigenvalue weighted by molar-refractivity contribution is -0.144. The number of rotatable bonds is 6. The molecule has 0 aromatic carbocycles. The van der Waals surface area contributed by atoms with Crippen LogP contribution >= 0.6 is 0 Å². The Hall–Kier alpha value is -1.15. The van der Waals surface area contributed by atoms with Crippen molar-refractivity contribution in [3.8, 4) is 0 Å². The van der Waals surface area contributed by atoms with Crippen LogP contribution in [-0.2, 0) is 24.2 Å². The number of carbonyl (C=O) groups is 2. The zero-order valence-electron chi connectivity index (χ0n) is 10.9. The van der Waals surface area contributed by atoms with Crippen molar-refractivity contribution in [1.82, 2.24) is 4.90 Å². The minimum Gasteiger partial charge on any atom is -0.481 e. The van der Waals surface area contributed by atoms with Gasteiger partial charge < -0.3 is 14.7 Å². The molecule has 0 radical (unpaired) electrons. The third-order valence-corrected chi connectivity index (χ3v) is 4.53. The minimum absolute atomic E-state index is 0.0350. The number of hydrogen-bond donors (Lipinski definition) is 1. The fourth-order valence-corrected chi connectivity index (χ4v) is 3.32. The predicted octanol–water partition coefficient (Wildman–Crippen LogP) is -0.487. The van der Waals surface area contributed by atoms with Crippen LogP contribution in [0.4, 0.5) is 0 Å². The van der Waals surface area contributed by atoms with Crippen LogP contribution in [0.2, 0.25) is 0 Å². The number of sulfone groups is 1. The Morgan fingerprint density at radius 2 is 2.11 bits per heavy atom. The lowest BCUT2D eigenvalue weighted by Crippen LogP contribution is -2.51. The number of carboxylic acid groups (broad SMARTS) is 1. The van der Waals surface area contributed by atoms with Crippen molar-refractivity contribution >= 4 is 21.7 Å². The first-order chi connectivity index (χ1) is 8.85. The van der Waals surface area contributed by atoms with Crippen LogP contribution in [0.1, 0.15) is 19.8 Å². The van der Waals surface area contributed by atoms with Gasteiger partial charge >= 0.3 is 5.97 Å². The van der Waals surface area contributed by atoms with E-state index in [9.17, 15) is 18.0 Å². The molecule has 8 heteroatoms. The summed E-state index contributed by atoms with van der Waals surface area (Å²) in [5.41, 5.74) is 0. The van der Waals surface area contributed by atoms with Gasteiger partial charge in [-0.05, 0) is 6.42 Å². The Morgan fingerprint density at radius 1 is 1.42 bits per heavy atom. The maximum Gasteiger partial charge on any atom is 0.305 e. The van der Waals surface area contributed by atoms with Gasteiger partial charge in [-0.25, -0.2) is 8.42 Å². The first kappa shape index (κ1) is 15.9. The molecular formula is C11H19NO6S. The monoisotopic (exact) mass is 293 g/mol. The molecule has 1 aliphatic rings. The van der Waals surface area contributed by atoms with Crippen LogP contribution in [0, 0.1) is 0 Å². The highest BCUT2D eigenvalue weighted by Crippen LogP contribution is 2.12. The van der Waals surface area contributed by atoms with Gasteiger partial charge in [-0.15, -0.1) is 0 Å². The van der Waals surface area contributed by atoms with Crippen LogP contribution in [0.15, 0.2) is 0 Å². The summed E-state index contributed by atoms with van der Waals surface area (Å²) in [6, 6.07) is -0.587. The van der Waals surface area contributed by atoms with Gasteiger partial charge in [0.25, 0.3) is 0 Å². The van der Waals surface area contributed by atoms with Gasteiger partial charge in [0.1, 0.15) is 5.75 Å². The van der Waals surface area contributed by atoms with Gasteiger partial charge in [0, 0.05) is 6.54 Å². The fraction of sp³-hybridized carbons (Fsp3) is 0.818. The van der Waals surface area contributed by atoms with Crippen LogP contribution in [0.5, 0.6) is 0 Å². The fourth-order valence-electron chi connectivity index (χ4n) is 2.01. The van der Waals surface area contributed by atoms with Crippen LogP contribution < -0.4 is 0 Å². The van der Waals surface area contributed by atoms with Gasteiger partial charge in [0.05, 0.1) is 31.4 Å². The number of aliphatic carboxylic acids is 1. The summed E-state index contributed by atoms with van der Waals surface area (Å²) in [7, 11) is -3.41. The Balaban J connectivity index is 2.69. The van der Waals surface area contributed by atoms with E-state index in [2.05, 4.69) is 0 Å². The molecule has 7 nitrogen and oxygen atoms in total. The van der Waals surface area contributed by atoms with Crippen molar-refractivity contribution in [2.75, 3.05) is 31.3 Å². The normalized spacial score (nSPS) is 20.3. The zero-order chi connectivity index (χ0) is 14.5. The summed E-state index contributed by atoms with van der Waals surface area (Å²) in [5.74, 6) is -2.17. The molecule has 0 spiro atoms. The Bertz CT molecular complexity index is 432. The number of carbonyl (C=O) groups excluding carboxylic acids is 1. The Labute approximate surface area is 112 Å². The third kappa shape index (κ3) is 5.15. The van der Waals surface area contributed by atoms with Crippen molar-refractivity contribution in [1.29, 1.82) is 0 Å². The minimum atomic E-state index is -3.41. The van der Waals surface area contributed by atoms with E-state index in [0.717, 1.165) is 0 Å². The lowest BCUT2D eigenvalue weighted by Gasteiger charge is -2.34. The highest BCUT2D eigenvalue weighted by Gasteiger charge is 2.31. The Morgan fingerprint density at radius 3 is 2.68 bits per heavy atom. The van der Waals surface area contributed by atoms with Crippen molar-refractivity contribution in [3.05, 3.63) is 0 Å². The standard InChI is InChI=1S/C11H19NO6S/c1-2-5-19(16,17)8-10(13)12-3-4-18-7-9(12)6-11(14)15/h9H,2-8H2,1H3,(H,14,15). The number of morpholine rings is 1. The lowest BCUT2D eigenvalue weighted by atomic mass is 10.1. The van der Waals surface area contributed by atoms with Gasteiger partial charge in [0.2, 0.25) is 5.91 Å². The third-order valence-electron chi connectivity index (χ3n) is 2.82. The molecule has 0 saturated carbocycles. The molecule has 1 atom stereocenters. The molecule has 0 bridgehead atoms. The van der Waals surface area contributed by atoms with Gasteiger partial charge in [-0.2, -0.15) is 0 Å². The molecule has 1 amide bonds. The molecule has 0 aromatic heterocycles. The first-order valence-electron chi connectivity index (χ1n) is 6.15. The van der Waals surface area contributed by atoms with Crippen molar-refractivity contribution < 1.29 is 27.9 Å². The summed E-state index contributed by atoms with van der Waals surface area (Å²) in [4.78, 5) is 24.0. The Kier molecular flexibility index (Phi) is 5.74. The van der Waals surface area contributed by atoms with Gasteiger partial charge in [-0.1, -0.05) is 6.92 Å². The number of carboxylic acids is 1. The molecule has 19 heavy (non-hydrogen) atoms. The number of hydrogen-bond acceptors (Lipinski definition) is 5. The molecule has 0 aliphatic carbocycles. The molecule has 1 aliphatic heterocycles. The highest BCUT2D eigenvalue weighted by atomic mass is 32.2. The second-order valence-electron chi connectivity index (χ2n) is 4.51. The topological polar surface area (TPSA) is 101 Å². The number of ether oxygens (including phenoxy) is 1. The van der Waals surface area contributed by atoms with Gasteiger partial charge in [-0.3, -0.25) is 9.59 Å². The van der Waals surface area contributed by atoms with Crippen molar-refractivity contribution in [2.45, 2.75) is 25.8 Å². The maximum absolute atomic E-state index is 12.0. The van der Waals surface area contributed by atoms with Crippen molar-refractivity contribution in [2.24, 2.45) is 0 Å². The maximum atomic E-state index is 12.0.